The van der Waals surface area contributed by atoms with Crippen LogP contribution in [0.1, 0.15) is 10.4 Å². The lowest BCUT2D eigenvalue weighted by atomic mass is 10.1. The van der Waals surface area contributed by atoms with Gasteiger partial charge in [-0.25, -0.2) is 9.18 Å². The Morgan fingerprint density at radius 2 is 2.07 bits per heavy atom. The summed E-state index contributed by atoms with van der Waals surface area (Å²) in [4.78, 5) is 10.7. The van der Waals surface area contributed by atoms with Crippen LogP contribution in [-0.2, 0) is 0 Å². The maximum Gasteiger partial charge on any atom is 0.336 e. The number of carboxylic acids is 1. The summed E-state index contributed by atoms with van der Waals surface area (Å²) in [6.45, 7) is 0. The van der Waals surface area contributed by atoms with Gasteiger partial charge in [-0.1, -0.05) is 11.3 Å². The van der Waals surface area contributed by atoms with Crippen molar-refractivity contribution in [2.75, 3.05) is 0 Å². The number of rotatable bonds is 1. The molecule has 1 heterocycles. The van der Waals surface area contributed by atoms with Crippen LogP contribution in [0.15, 0.2) is 18.2 Å². The van der Waals surface area contributed by atoms with Crippen molar-refractivity contribution in [2.24, 2.45) is 0 Å². The third-order valence-electron chi connectivity index (χ3n) is 1.82. The molecule has 0 aliphatic heterocycles. The summed E-state index contributed by atoms with van der Waals surface area (Å²) in [7, 11) is 0. The predicted octanol–water partition coefficient (Wildman–Crippen LogP) is 2.44. The van der Waals surface area contributed by atoms with E-state index in [1.807, 2.05) is 0 Å². The molecule has 0 bridgehead atoms. The van der Waals surface area contributed by atoms with Gasteiger partial charge in [-0.3, -0.25) is 0 Å². The molecule has 0 saturated heterocycles. The lowest BCUT2D eigenvalue weighted by Crippen LogP contribution is -1.97. The number of aromatic hydroxyl groups is 1. The van der Waals surface area contributed by atoms with Crippen LogP contribution in [0.2, 0.25) is 0 Å². The van der Waals surface area contributed by atoms with E-state index in [4.69, 9.17) is 10.2 Å². The van der Waals surface area contributed by atoms with Crippen LogP contribution in [0, 0.1) is 5.82 Å². The largest absolute Gasteiger partial charge is 0.499 e. The highest BCUT2D eigenvalue weighted by atomic mass is 32.1. The first kappa shape index (κ1) is 8.96. The molecule has 1 aromatic heterocycles. The Kier molecular flexibility index (Phi) is 1.89. The van der Waals surface area contributed by atoms with Gasteiger partial charge in [-0.2, -0.15) is 0 Å². The third-order valence-corrected chi connectivity index (χ3v) is 2.70. The molecule has 0 amide bonds. The van der Waals surface area contributed by atoms with Gasteiger partial charge in [-0.05, 0) is 12.1 Å². The summed E-state index contributed by atoms with van der Waals surface area (Å²) in [5.74, 6) is -1.82. The molecule has 2 N–H and O–H groups in total. The van der Waals surface area contributed by atoms with Crippen LogP contribution < -0.4 is 0 Å². The third kappa shape index (κ3) is 1.31. The first-order valence-electron chi connectivity index (χ1n) is 3.73. The van der Waals surface area contributed by atoms with Crippen molar-refractivity contribution in [3.63, 3.8) is 0 Å². The van der Waals surface area contributed by atoms with Crippen LogP contribution in [0.5, 0.6) is 5.06 Å². The van der Waals surface area contributed by atoms with E-state index in [0.29, 0.717) is 10.1 Å². The van der Waals surface area contributed by atoms with E-state index in [1.54, 1.807) is 0 Å². The maximum absolute atomic E-state index is 12.9. The molecule has 0 aliphatic carbocycles. The molecule has 0 unspecified atom stereocenters. The topological polar surface area (TPSA) is 57.5 Å². The Morgan fingerprint density at radius 1 is 1.36 bits per heavy atom. The highest BCUT2D eigenvalue weighted by Gasteiger charge is 2.13. The lowest BCUT2D eigenvalue weighted by molar-refractivity contribution is 0.0698. The van der Waals surface area contributed by atoms with E-state index < -0.39 is 11.8 Å². The lowest BCUT2D eigenvalue weighted by Gasteiger charge is -1.96. The standard InChI is InChI=1S/C9H5FO3S/c10-4-1-6(9(12)13)5-3-8(11)14-7(5)2-4/h1-3,11H,(H,12,13). The summed E-state index contributed by atoms with van der Waals surface area (Å²) >= 11 is 0.950. The van der Waals surface area contributed by atoms with Crippen LogP contribution >= 0.6 is 11.3 Å². The monoisotopic (exact) mass is 212 g/mol. The molecule has 14 heavy (non-hydrogen) atoms. The number of hydrogen-bond acceptors (Lipinski definition) is 3. The second kappa shape index (κ2) is 2.95. The van der Waals surface area contributed by atoms with E-state index in [2.05, 4.69) is 0 Å². The molecule has 3 nitrogen and oxygen atoms in total. The van der Waals surface area contributed by atoms with Crippen LogP contribution in [-0.4, -0.2) is 16.2 Å². The fourth-order valence-corrected chi connectivity index (χ4v) is 2.12. The highest BCUT2D eigenvalue weighted by Crippen LogP contribution is 2.33. The summed E-state index contributed by atoms with van der Waals surface area (Å²) in [6.07, 6.45) is 0. The summed E-state index contributed by atoms with van der Waals surface area (Å²) in [5.41, 5.74) is -0.128. The van der Waals surface area contributed by atoms with Gasteiger partial charge in [-0.15, -0.1) is 0 Å². The van der Waals surface area contributed by atoms with Gasteiger partial charge in [0.15, 0.2) is 5.06 Å². The molecule has 0 fully saturated rings. The number of aromatic carboxylic acids is 1. The van der Waals surface area contributed by atoms with Gasteiger partial charge in [0, 0.05) is 16.2 Å². The number of fused-ring (bicyclic) bond motifs is 1. The Morgan fingerprint density at radius 3 is 2.71 bits per heavy atom. The number of thiophene rings is 1. The fourth-order valence-electron chi connectivity index (χ4n) is 1.27. The number of carboxylic acid groups (broad SMARTS) is 1. The quantitative estimate of drug-likeness (QED) is 0.763. The molecular formula is C9H5FO3S. The molecule has 2 aromatic rings. The van der Waals surface area contributed by atoms with Gasteiger partial charge in [0.25, 0.3) is 0 Å². The zero-order chi connectivity index (χ0) is 10.3. The minimum absolute atomic E-state index is 0.0203. The summed E-state index contributed by atoms with van der Waals surface area (Å²) in [5, 5.41) is 18.3. The number of hydrogen-bond donors (Lipinski definition) is 2. The van der Waals surface area contributed by atoms with Crippen molar-refractivity contribution in [3.05, 3.63) is 29.6 Å². The normalized spacial score (nSPS) is 10.6. The highest BCUT2D eigenvalue weighted by molar-refractivity contribution is 7.20. The van der Waals surface area contributed by atoms with Crippen molar-refractivity contribution in [1.29, 1.82) is 0 Å². The SMILES string of the molecule is O=C(O)c1cc(F)cc2sc(O)cc12. The van der Waals surface area contributed by atoms with Gasteiger partial charge in [0.1, 0.15) is 5.82 Å². The van der Waals surface area contributed by atoms with E-state index in [-0.39, 0.29) is 10.6 Å². The molecule has 0 radical (unpaired) electrons. The van der Waals surface area contributed by atoms with E-state index >= 15 is 0 Å². The average molecular weight is 212 g/mol. The van der Waals surface area contributed by atoms with Gasteiger partial charge in [0.05, 0.1) is 5.56 Å². The van der Waals surface area contributed by atoms with Crippen molar-refractivity contribution in [1.82, 2.24) is 0 Å². The molecule has 0 atom stereocenters. The Bertz CT molecular complexity index is 518. The van der Waals surface area contributed by atoms with E-state index in [9.17, 15) is 9.18 Å². The molecule has 2 rings (SSSR count). The van der Waals surface area contributed by atoms with Gasteiger partial charge in [0.2, 0.25) is 0 Å². The molecule has 72 valence electrons. The summed E-state index contributed by atoms with van der Waals surface area (Å²) in [6, 6.07) is 3.46. The fraction of sp³-hybridized carbons (Fsp3) is 0. The molecule has 0 saturated carbocycles. The second-order valence-electron chi connectivity index (χ2n) is 2.75. The zero-order valence-electron chi connectivity index (χ0n) is 6.82. The number of benzene rings is 1. The van der Waals surface area contributed by atoms with E-state index in [0.717, 1.165) is 17.4 Å². The van der Waals surface area contributed by atoms with Crippen molar-refractivity contribution < 1.29 is 19.4 Å². The number of halogens is 1. The van der Waals surface area contributed by atoms with Crippen molar-refractivity contribution >= 4 is 27.4 Å². The Balaban J connectivity index is 2.85. The Labute approximate surface area is 82.0 Å². The van der Waals surface area contributed by atoms with Crippen LogP contribution in [0.4, 0.5) is 4.39 Å². The van der Waals surface area contributed by atoms with Crippen molar-refractivity contribution in [3.8, 4) is 5.06 Å². The minimum atomic E-state index is -1.20. The van der Waals surface area contributed by atoms with Crippen molar-refractivity contribution in [2.45, 2.75) is 0 Å². The molecular weight excluding hydrogens is 207 g/mol. The minimum Gasteiger partial charge on any atom is -0.499 e. The average Bonchev–Trinajstić information content (AvgIpc) is 2.42. The van der Waals surface area contributed by atoms with Crippen LogP contribution in [0.3, 0.4) is 0 Å². The summed E-state index contributed by atoms with van der Waals surface area (Å²) < 4.78 is 13.4. The zero-order valence-corrected chi connectivity index (χ0v) is 7.64. The van der Waals surface area contributed by atoms with Crippen LogP contribution in [0.25, 0.3) is 10.1 Å². The van der Waals surface area contributed by atoms with Gasteiger partial charge < -0.3 is 10.2 Å². The van der Waals surface area contributed by atoms with Gasteiger partial charge >= 0.3 is 5.97 Å². The molecule has 0 spiro atoms. The maximum atomic E-state index is 12.9. The second-order valence-corrected chi connectivity index (χ2v) is 3.82. The molecule has 1 aromatic carbocycles. The molecule has 5 heteroatoms. The van der Waals surface area contributed by atoms with E-state index in [1.165, 1.54) is 12.1 Å². The first-order chi connectivity index (χ1) is 6.58. The smallest absolute Gasteiger partial charge is 0.336 e. The number of carbonyl (C=O) groups is 1. The molecule has 0 aliphatic rings. The predicted molar refractivity (Wildman–Crippen MR) is 50.4 cm³/mol. The Hall–Kier alpha value is -1.62. The first-order valence-corrected chi connectivity index (χ1v) is 4.55.